The van der Waals surface area contributed by atoms with Crippen molar-refractivity contribution < 1.29 is 38.6 Å². The summed E-state index contributed by atoms with van der Waals surface area (Å²) in [7, 11) is 0. The first-order chi connectivity index (χ1) is 21.0. The van der Waals surface area contributed by atoms with Crippen molar-refractivity contribution in [2.45, 2.75) is 74.9 Å². The molecule has 1 amide bonds. The van der Waals surface area contributed by atoms with Crippen molar-refractivity contribution in [2.24, 2.45) is 0 Å². The van der Waals surface area contributed by atoms with Gasteiger partial charge in [-0.05, 0) is 61.7 Å². The van der Waals surface area contributed by atoms with Crippen molar-refractivity contribution >= 4 is 41.0 Å². The van der Waals surface area contributed by atoms with E-state index in [-0.39, 0.29) is 41.9 Å². The Bertz CT molecular complexity index is 1690. The predicted octanol–water partition coefficient (Wildman–Crippen LogP) is 4.79. The van der Waals surface area contributed by atoms with E-state index >= 15 is 0 Å². The van der Waals surface area contributed by atoms with Crippen molar-refractivity contribution in [1.29, 1.82) is 0 Å². The van der Waals surface area contributed by atoms with Crippen molar-refractivity contribution in [3.63, 3.8) is 0 Å². The largest absolute Gasteiger partial charge is 0.480 e. The minimum atomic E-state index is -1.06. The number of hydrogen-bond donors (Lipinski definition) is 3. The second-order valence-corrected chi connectivity index (χ2v) is 13.9. The van der Waals surface area contributed by atoms with E-state index in [0.717, 1.165) is 59.7 Å². The van der Waals surface area contributed by atoms with Crippen LogP contribution in [0, 0.1) is 0 Å². The molecule has 0 aliphatic carbocycles. The lowest BCUT2D eigenvalue weighted by Crippen LogP contribution is -2.47. The summed E-state index contributed by atoms with van der Waals surface area (Å²) >= 11 is 0.972. The van der Waals surface area contributed by atoms with Gasteiger partial charge in [-0.15, -0.1) is 4.33 Å². The lowest BCUT2D eigenvalue weighted by atomic mass is 9.73. The molecule has 44 heavy (non-hydrogen) atoms. The normalized spacial score (nSPS) is 23.7. The Labute approximate surface area is 260 Å². The molecular weight excluding hydrogens is 582 g/mol. The number of amides is 1. The van der Waals surface area contributed by atoms with Gasteiger partial charge < -0.3 is 20.1 Å². The summed E-state index contributed by atoms with van der Waals surface area (Å²) in [6.07, 6.45) is 4.37. The third kappa shape index (κ3) is 4.52. The number of carboxylic acids is 1. The summed E-state index contributed by atoms with van der Waals surface area (Å²) in [5, 5.41) is 23.8. The fourth-order valence-corrected chi connectivity index (χ4v) is 8.36. The number of rotatable bonds is 7. The molecule has 2 aromatic carbocycles. The van der Waals surface area contributed by atoms with Crippen LogP contribution in [0.3, 0.4) is 0 Å². The van der Waals surface area contributed by atoms with Crippen molar-refractivity contribution in [3.05, 3.63) is 76.0 Å². The van der Waals surface area contributed by atoms with Crippen LogP contribution in [-0.2, 0) is 40.9 Å². The molecule has 0 fully saturated rings. The highest BCUT2D eigenvalue weighted by molar-refractivity contribution is 7.94. The predicted molar refractivity (Wildman–Crippen MR) is 164 cm³/mol. The van der Waals surface area contributed by atoms with Gasteiger partial charge in [0, 0.05) is 57.4 Å². The third-order valence-electron chi connectivity index (χ3n) is 9.75. The molecule has 11 heteroatoms. The molecule has 230 valence electrons. The van der Waals surface area contributed by atoms with Crippen LogP contribution < -0.4 is 10.2 Å². The average molecular weight is 619 g/mol. The molecule has 0 radical (unpaired) electrons. The monoisotopic (exact) mass is 618 g/mol. The van der Waals surface area contributed by atoms with E-state index in [1.165, 1.54) is 33.8 Å². The maximum Gasteiger partial charge on any atom is 0.322 e. The van der Waals surface area contributed by atoms with Gasteiger partial charge in [0.15, 0.2) is 12.3 Å². The summed E-state index contributed by atoms with van der Waals surface area (Å²) in [6.45, 7) is 10.3. The number of aliphatic carboxylic acids is 1. The molecule has 0 aromatic heterocycles. The Balaban J connectivity index is 1.27. The van der Waals surface area contributed by atoms with E-state index in [1.807, 2.05) is 12.1 Å². The van der Waals surface area contributed by atoms with Gasteiger partial charge in [-0.1, -0.05) is 25.0 Å². The van der Waals surface area contributed by atoms with Crippen LogP contribution in [0.1, 0.15) is 57.2 Å². The number of benzene rings is 2. The van der Waals surface area contributed by atoms with Gasteiger partial charge in [0.2, 0.25) is 11.6 Å². The molecule has 5 aliphatic rings. The first-order valence-electron chi connectivity index (χ1n) is 15.0. The number of anilines is 1. The number of carbonyl (C=O) groups is 2. The average Bonchev–Trinajstić information content (AvgIpc) is 3.37. The molecule has 7 rings (SSSR count). The number of allylic oxidation sites excluding steroid dienone is 1. The molecule has 10 nitrogen and oxygen atoms in total. The van der Waals surface area contributed by atoms with Gasteiger partial charge in [-0.2, -0.15) is 4.58 Å². The first kappa shape index (κ1) is 29.2. The van der Waals surface area contributed by atoms with Crippen LogP contribution in [0.2, 0.25) is 0 Å². The Kier molecular flexibility index (Phi) is 7.02. The smallest absolute Gasteiger partial charge is 0.322 e. The van der Waals surface area contributed by atoms with E-state index in [1.54, 1.807) is 0 Å². The number of ether oxygens (including phenoxy) is 1. The minimum absolute atomic E-state index is 0.0162. The molecule has 0 saturated heterocycles. The molecule has 5 heterocycles. The third-order valence-corrected chi connectivity index (χ3v) is 10.3. The highest BCUT2D eigenvalue weighted by Crippen LogP contribution is 2.54. The summed E-state index contributed by atoms with van der Waals surface area (Å²) in [5.41, 5.74) is 9.89. The molecule has 3 N–H and O–H groups in total. The Morgan fingerprint density at radius 3 is 2.68 bits per heavy atom. The van der Waals surface area contributed by atoms with Crippen LogP contribution in [0.4, 0.5) is 11.4 Å². The molecule has 5 aliphatic heterocycles. The zero-order chi connectivity index (χ0) is 31.0. The molecule has 2 aromatic rings. The van der Waals surface area contributed by atoms with Gasteiger partial charge >= 0.3 is 5.97 Å². The SMILES string of the molecule is CC1(C)C2=C3C=C4C5=[N+](CCC4OC3CCN2c2ccc(SOOO)cc21)c1ccc(CC(=O)NCC(=O)O)cc1C5(C)C. The van der Waals surface area contributed by atoms with E-state index < -0.39 is 5.97 Å². The Hall–Kier alpha value is -3.48. The van der Waals surface area contributed by atoms with Gasteiger partial charge in [-0.25, -0.2) is 5.26 Å². The quantitative estimate of drug-likeness (QED) is 0.174. The molecule has 0 bridgehead atoms. The second kappa shape index (κ2) is 10.6. The van der Waals surface area contributed by atoms with Crippen LogP contribution in [0.25, 0.3) is 0 Å². The maximum atomic E-state index is 12.4. The summed E-state index contributed by atoms with van der Waals surface area (Å²) < 4.78 is 14.1. The minimum Gasteiger partial charge on any atom is -0.480 e. The summed E-state index contributed by atoms with van der Waals surface area (Å²) in [6, 6.07) is 12.4. The fraction of sp³-hybridized carbons (Fsp3) is 0.424. The molecule has 2 atom stereocenters. The van der Waals surface area contributed by atoms with Gasteiger partial charge in [0.25, 0.3) is 0 Å². The van der Waals surface area contributed by atoms with Gasteiger partial charge in [0.1, 0.15) is 6.54 Å². The number of nitrogens with one attached hydrogen (secondary N) is 1. The lowest BCUT2D eigenvalue weighted by Gasteiger charge is -2.42. The standard InChI is InChI=1S/C33H35N3O7S/c1-32(2)22-13-18(14-28(37)34-17-29(38)39)5-7-24(22)35-11-9-26-20(30(32)35)16-21-27(41-26)10-12-36-25-8-6-19(44-43-42-40)15-23(25)33(3,4)31(21)36/h5-8,13,15-16,26-27H,9-12,14,17H2,1-4H3,(H2-,34,37,38,39,40)/p+1. The molecule has 0 saturated carbocycles. The van der Waals surface area contributed by atoms with Crippen molar-refractivity contribution in [1.82, 2.24) is 5.32 Å². The molecular formula is C33H36N3O7S+. The highest BCUT2D eigenvalue weighted by Gasteiger charge is 2.54. The molecule has 2 unspecified atom stereocenters. The van der Waals surface area contributed by atoms with Gasteiger partial charge in [-0.3, -0.25) is 9.59 Å². The van der Waals surface area contributed by atoms with Crippen LogP contribution in [-0.4, -0.2) is 64.4 Å². The number of carbonyl (C=O) groups excluding carboxylic acids is 1. The van der Waals surface area contributed by atoms with E-state index in [0.29, 0.717) is 0 Å². The van der Waals surface area contributed by atoms with E-state index in [9.17, 15) is 9.59 Å². The van der Waals surface area contributed by atoms with Crippen LogP contribution in [0.15, 0.2) is 64.2 Å². The van der Waals surface area contributed by atoms with Crippen molar-refractivity contribution in [2.75, 3.05) is 24.5 Å². The summed E-state index contributed by atoms with van der Waals surface area (Å²) in [4.78, 5) is 26.5. The summed E-state index contributed by atoms with van der Waals surface area (Å²) in [5.74, 6) is -1.37. The van der Waals surface area contributed by atoms with E-state index in [2.05, 4.69) is 77.9 Å². The zero-order valence-electron chi connectivity index (χ0n) is 25.2. The number of nitrogens with zero attached hydrogens (tertiary/aromatic N) is 2. The Morgan fingerprint density at radius 2 is 1.91 bits per heavy atom. The first-order valence-corrected chi connectivity index (χ1v) is 15.7. The highest BCUT2D eigenvalue weighted by atomic mass is 32.2. The molecule has 0 spiro atoms. The fourth-order valence-electron chi connectivity index (χ4n) is 7.96. The zero-order valence-corrected chi connectivity index (χ0v) is 26.0. The maximum absolute atomic E-state index is 12.4. The van der Waals surface area contributed by atoms with Gasteiger partial charge in [0.05, 0.1) is 36.1 Å². The van der Waals surface area contributed by atoms with Crippen LogP contribution in [0.5, 0.6) is 0 Å². The number of fused-ring (bicyclic) bond motifs is 8. The number of hydrogen-bond acceptors (Lipinski definition) is 8. The lowest BCUT2D eigenvalue weighted by molar-refractivity contribution is -0.445. The number of carboxylic acid groups (broad SMARTS) is 1. The topological polar surface area (TPSA) is 121 Å². The van der Waals surface area contributed by atoms with Crippen LogP contribution >= 0.6 is 12.0 Å². The van der Waals surface area contributed by atoms with E-state index in [4.69, 9.17) is 19.4 Å². The second-order valence-electron chi connectivity index (χ2n) is 13.1. The van der Waals surface area contributed by atoms with Crippen molar-refractivity contribution in [3.8, 4) is 0 Å². The Morgan fingerprint density at radius 1 is 1.09 bits per heavy atom.